The van der Waals surface area contributed by atoms with E-state index >= 15 is 0 Å². The van der Waals surface area contributed by atoms with Crippen LogP contribution in [0.5, 0.6) is 17.2 Å². The van der Waals surface area contributed by atoms with Crippen molar-refractivity contribution in [3.05, 3.63) is 17.7 Å². The monoisotopic (exact) mass is 305 g/mol. The second kappa shape index (κ2) is 8.89. The lowest BCUT2D eigenvalue weighted by Gasteiger charge is -2.23. The average molecular weight is 306 g/mol. The Bertz CT molecular complexity index is 389. The molecule has 6 heteroatoms. The fourth-order valence-corrected chi connectivity index (χ4v) is 2.03. The number of aliphatic hydroxyl groups excluding tert-OH is 1. The maximum atomic E-state index is 10.1. The number of hydrogen-bond donors (Lipinski definition) is 2. The molecule has 0 saturated carbocycles. The summed E-state index contributed by atoms with van der Waals surface area (Å²) < 4.78 is 15.8. The van der Waals surface area contributed by atoms with Crippen LogP contribution in [0.1, 0.15) is 31.4 Å². The zero-order valence-corrected chi connectivity index (χ0v) is 13.2. The summed E-state index contributed by atoms with van der Waals surface area (Å²) in [5.74, 6) is 1.73. The molecule has 0 bridgehead atoms. The minimum Gasteiger partial charge on any atom is -0.496 e. The molecule has 1 aromatic rings. The van der Waals surface area contributed by atoms with E-state index in [2.05, 4.69) is 0 Å². The van der Waals surface area contributed by atoms with Crippen LogP contribution in [0.15, 0.2) is 12.1 Å². The van der Waals surface area contributed by atoms with Crippen molar-refractivity contribution < 1.29 is 19.3 Å². The van der Waals surface area contributed by atoms with Crippen LogP contribution in [0.4, 0.5) is 0 Å². The van der Waals surface area contributed by atoms with E-state index in [0.717, 1.165) is 6.42 Å². The number of ether oxygens (including phenoxy) is 3. The summed E-state index contributed by atoms with van der Waals surface area (Å²) in [6.45, 7) is 2.00. The molecule has 5 nitrogen and oxygen atoms in total. The van der Waals surface area contributed by atoms with Crippen molar-refractivity contribution in [2.45, 2.75) is 31.9 Å². The third-order valence-electron chi connectivity index (χ3n) is 3.09. The average Bonchev–Trinajstić information content (AvgIpc) is 2.44. The largest absolute Gasteiger partial charge is 0.496 e. The molecule has 0 spiro atoms. The van der Waals surface area contributed by atoms with Crippen LogP contribution in [0.3, 0.4) is 0 Å². The van der Waals surface area contributed by atoms with Crippen LogP contribution in [-0.4, -0.2) is 32.5 Å². The van der Waals surface area contributed by atoms with Crippen molar-refractivity contribution in [1.29, 1.82) is 0 Å². The van der Waals surface area contributed by atoms with Gasteiger partial charge < -0.3 is 25.1 Å². The van der Waals surface area contributed by atoms with Crippen LogP contribution < -0.4 is 19.9 Å². The first-order valence-corrected chi connectivity index (χ1v) is 6.32. The van der Waals surface area contributed by atoms with Gasteiger partial charge in [-0.05, 0) is 6.42 Å². The van der Waals surface area contributed by atoms with Crippen molar-refractivity contribution in [1.82, 2.24) is 0 Å². The first kappa shape index (κ1) is 18.8. The van der Waals surface area contributed by atoms with E-state index in [1.54, 1.807) is 33.5 Å². The molecule has 0 aromatic heterocycles. The Morgan fingerprint density at radius 2 is 1.60 bits per heavy atom. The molecule has 116 valence electrons. The molecule has 1 rings (SSSR count). The third kappa shape index (κ3) is 4.16. The fraction of sp³-hybridized carbons (Fsp3) is 0.571. The quantitative estimate of drug-likeness (QED) is 0.808. The highest BCUT2D eigenvalue weighted by atomic mass is 35.5. The molecule has 0 aliphatic heterocycles. The lowest BCUT2D eigenvalue weighted by atomic mass is 9.97. The van der Waals surface area contributed by atoms with Crippen molar-refractivity contribution in [3.8, 4) is 17.2 Å². The van der Waals surface area contributed by atoms with E-state index in [4.69, 9.17) is 19.9 Å². The molecular formula is C14H24ClNO4. The van der Waals surface area contributed by atoms with E-state index in [-0.39, 0.29) is 12.4 Å². The zero-order valence-electron chi connectivity index (χ0n) is 12.4. The topological polar surface area (TPSA) is 73.9 Å². The number of rotatable bonds is 7. The summed E-state index contributed by atoms with van der Waals surface area (Å²) in [6, 6.07) is 2.91. The summed E-state index contributed by atoms with van der Waals surface area (Å²) >= 11 is 0. The van der Waals surface area contributed by atoms with Gasteiger partial charge in [0.2, 0.25) is 0 Å². The van der Waals surface area contributed by atoms with Gasteiger partial charge in [0.05, 0.1) is 39.0 Å². The van der Waals surface area contributed by atoms with E-state index < -0.39 is 12.1 Å². The number of aliphatic hydroxyl groups is 1. The minimum atomic E-state index is -0.638. The van der Waals surface area contributed by atoms with Crippen LogP contribution in [0.25, 0.3) is 0 Å². The molecule has 1 aromatic carbocycles. The van der Waals surface area contributed by atoms with Crippen molar-refractivity contribution in [2.75, 3.05) is 21.3 Å². The van der Waals surface area contributed by atoms with E-state index in [1.165, 1.54) is 0 Å². The molecule has 0 fully saturated rings. The molecule has 0 aliphatic carbocycles. The number of halogens is 1. The molecule has 0 amide bonds. The Kier molecular flexibility index (Phi) is 8.37. The molecular weight excluding hydrogens is 282 g/mol. The van der Waals surface area contributed by atoms with Gasteiger partial charge in [-0.2, -0.15) is 0 Å². The molecule has 0 saturated heterocycles. The zero-order chi connectivity index (χ0) is 14.4. The maximum absolute atomic E-state index is 10.1. The number of nitrogens with two attached hydrogens (primary N) is 1. The number of hydrogen-bond acceptors (Lipinski definition) is 5. The molecule has 20 heavy (non-hydrogen) atoms. The third-order valence-corrected chi connectivity index (χ3v) is 3.09. The smallest absolute Gasteiger partial charge is 0.131 e. The second-order valence-corrected chi connectivity index (χ2v) is 4.33. The van der Waals surface area contributed by atoms with Crippen LogP contribution in [0, 0.1) is 0 Å². The summed E-state index contributed by atoms with van der Waals surface area (Å²) in [4.78, 5) is 0. The van der Waals surface area contributed by atoms with Gasteiger partial charge >= 0.3 is 0 Å². The van der Waals surface area contributed by atoms with Gasteiger partial charge in [-0.1, -0.05) is 13.3 Å². The number of methoxy groups -OCH3 is 3. The van der Waals surface area contributed by atoms with Crippen LogP contribution in [0.2, 0.25) is 0 Å². The molecule has 0 heterocycles. The lowest BCUT2D eigenvalue weighted by molar-refractivity contribution is 0.131. The molecule has 3 N–H and O–H groups in total. The highest BCUT2D eigenvalue weighted by molar-refractivity contribution is 5.85. The van der Waals surface area contributed by atoms with Crippen LogP contribution >= 0.6 is 12.4 Å². The van der Waals surface area contributed by atoms with Gasteiger partial charge in [0.15, 0.2) is 0 Å². The van der Waals surface area contributed by atoms with Gasteiger partial charge in [-0.3, -0.25) is 0 Å². The van der Waals surface area contributed by atoms with Crippen molar-refractivity contribution in [2.24, 2.45) is 5.73 Å². The highest BCUT2D eigenvalue weighted by Crippen LogP contribution is 2.38. The van der Waals surface area contributed by atoms with Gasteiger partial charge in [0, 0.05) is 12.1 Å². The standard InChI is InChI=1S/C14H23NO4.ClH/c1-5-6-10(16)14(15)13-11(18-3)7-9(17-2)8-12(13)19-4;/h7-8,10,14,16H,5-6,15H2,1-4H3;1H/t10-,14-;/m1./s1. The van der Waals surface area contributed by atoms with E-state index in [9.17, 15) is 5.11 Å². The van der Waals surface area contributed by atoms with Gasteiger partial charge in [0.1, 0.15) is 17.2 Å². The summed E-state index contributed by atoms with van der Waals surface area (Å²) in [5, 5.41) is 10.1. The molecule has 0 radical (unpaired) electrons. The molecule has 0 aliphatic rings. The first-order valence-electron chi connectivity index (χ1n) is 6.32. The Morgan fingerprint density at radius 1 is 1.10 bits per heavy atom. The highest BCUT2D eigenvalue weighted by Gasteiger charge is 2.24. The Hall–Kier alpha value is -1.17. The van der Waals surface area contributed by atoms with Crippen molar-refractivity contribution in [3.63, 3.8) is 0 Å². The number of benzene rings is 1. The van der Waals surface area contributed by atoms with Crippen molar-refractivity contribution >= 4 is 12.4 Å². The van der Waals surface area contributed by atoms with Gasteiger partial charge in [-0.15, -0.1) is 12.4 Å². The lowest BCUT2D eigenvalue weighted by Crippen LogP contribution is -2.27. The Labute approximate surface area is 126 Å². The second-order valence-electron chi connectivity index (χ2n) is 4.33. The minimum absolute atomic E-state index is 0. The molecule has 0 unspecified atom stereocenters. The first-order chi connectivity index (χ1) is 9.08. The summed E-state index contributed by atoms with van der Waals surface area (Å²) in [7, 11) is 4.67. The SMILES string of the molecule is CCC[C@@H](O)[C@@H](N)c1c(OC)cc(OC)cc1OC.Cl. The predicted molar refractivity (Wildman–Crippen MR) is 81.2 cm³/mol. The van der Waals surface area contributed by atoms with Gasteiger partial charge in [-0.25, -0.2) is 0 Å². The normalized spacial score (nSPS) is 13.1. The summed E-state index contributed by atoms with van der Waals surface area (Å²) in [5.41, 5.74) is 6.78. The van der Waals surface area contributed by atoms with E-state index in [0.29, 0.717) is 29.2 Å². The molecule has 2 atom stereocenters. The van der Waals surface area contributed by atoms with Gasteiger partial charge in [0.25, 0.3) is 0 Å². The summed E-state index contributed by atoms with van der Waals surface area (Å²) in [6.07, 6.45) is 0.844. The van der Waals surface area contributed by atoms with Crippen LogP contribution in [-0.2, 0) is 0 Å². The predicted octanol–water partition coefficient (Wildman–Crippen LogP) is 2.30. The Morgan fingerprint density at radius 3 is 1.95 bits per heavy atom. The Balaban J connectivity index is 0.00000361. The fourth-order valence-electron chi connectivity index (χ4n) is 2.03. The van der Waals surface area contributed by atoms with E-state index in [1.807, 2.05) is 6.92 Å². The maximum Gasteiger partial charge on any atom is 0.131 e.